The van der Waals surface area contributed by atoms with Gasteiger partial charge in [0.05, 0.1) is 12.7 Å². The second-order valence-electron chi connectivity index (χ2n) is 4.78. The molecule has 0 fully saturated rings. The van der Waals surface area contributed by atoms with Gasteiger partial charge in [0.15, 0.2) is 0 Å². The molecular weight excluding hydrogens is 300 g/mol. The number of benzene rings is 1. The SMILES string of the molecule is COc1ccc([C@H](C)NCc2cc(C#N)cs2)cc1C(=O)O. The van der Waals surface area contributed by atoms with Crippen molar-refractivity contribution in [2.24, 2.45) is 0 Å². The minimum absolute atomic E-state index is 0.0170. The Bertz CT molecular complexity index is 718. The first-order valence-corrected chi connectivity index (χ1v) is 7.55. The number of methoxy groups -OCH3 is 1. The summed E-state index contributed by atoms with van der Waals surface area (Å²) in [6.07, 6.45) is 0. The van der Waals surface area contributed by atoms with Gasteiger partial charge in [0.25, 0.3) is 0 Å². The third-order valence-corrected chi connectivity index (χ3v) is 4.26. The molecule has 1 atom stereocenters. The normalized spacial score (nSPS) is 11.7. The molecule has 0 radical (unpaired) electrons. The molecule has 5 nitrogen and oxygen atoms in total. The van der Waals surface area contributed by atoms with Crippen LogP contribution in [-0.4, -0.2) is 18.2 Å². The first kappa shape index (κ1) is 16.0. The van der Waals surface area contributed by atoms with Gasteiger partial charge < -0.3 is 15.2 Å². The summed E-state index contributed by atoms with van der Waals surface area (Å²) in [5.74, 6) is -0.664. The zero-order chi connectivity index (χ0) is 16.1. The van der Waals surface area contributed by atoms with Crippen molar-refractivity contribution in [2.75, 3.05) is 7.11 Å². The summed E-state index contributed by atoms with van der Waals surface area (Å²) in [6, 6.07) is 9.06. The number of aromatic carboxylic acids is 1. The number of nitrogens with zero attached hydrogens (tertiary/aromatic N) is 1. The van der Waals surface area contributed by atoms with Crippen molar-refractivity contribution in [3.8, 4) is 11.8 Å². The lowest BCUT2D eigenvalue weighted by atomic mass is 10.0. The molecule has 0 aliphatic carbocycles. The maximum absolute atomic E-state index is 11.2. The summed E-state index contributed by atoms with van der Waals surface area (Å²) in [5.41, 5.74) is 1.68. The summed E-state index contributed by atoms with van der Waals surface area (Å²) in [4.78, 5) is 12.3. The molecular formula is C16H16N2O3S. The van der Waals surface area contributed by atoms with E-state index in [9.17, 15) is 9.90 Å². The molecule has 2 aromatic rings. The fraction of sp³-hybridized carbons (Fsp3) is 0.250. The average molecular weight is 316 g/mol. The number of carbonyl (C=O) groups is 1. The molecule has 0 aliphatic rings. The Morgan fingerprint density at radius 1 is 1.50 bits per heavy atom. The van der Waals surface area contributed by atoms with E-state index in [0.717, 1.165) is 10.4 Å². The smallest absolute Gasteiger partial charge is 0.339 e. The van der Waals surface area contributed by atoms with Crippen molar-refractivity contribution in [3.63, 3.8) is 0 Å². The molecule has 0 bridgehead atoms. The predicted molar refractivity (Wildman–Crippen MR) is 84.2 cm³/mol. The molecule has 114 valence electrons. The first-order chi connectivity index (χ1) is 10.5. The quantitative estimate of drug-likeness (QED) is 0.855. The maximum Gasteiger partial charge on any atom is 0.339 e. The fourth-order valence-corrected chi connectivity index (χ4v) is 2.83. The Labute approximate surface area is 132 Å². The van der Waals surface area contributed by atoms with Crippen molar-refractivity contribution < 1.29 is 14.6 Å². The Morgan fingerprint density at radius 3 is 2.86 bits per heavy atom. The number of rotatable bonds is 6. The summed E-state index contributed by atoms with van der Waals surface area (Å²) in [5, 5.41) is 23.2. The summed E-state index contributed by atoms with van der Waals surface area (Å²) in [6.45, 7) is 2.59. The number of thiophene rings is 1. The molecule has 2 N–H and O–H groups in total. The third-order valence-electron chi connectivity index (χ3n) is 3.32. The third kappa shape index (κ3) is 3.64. The second kappa shape index (κ2) is 7.07. The molecule has 1 aromatic carbocycles. The van der Waals surface area contributed by atoms with Crippen LogP contribution in [0.15, 0.2) is 29.6 Å². The first-order valence-electron chi connectivity index (χ1n) is 6.67. The molecule has 0 aliphatic heterocycles. The van der Waals surface area contributed by atoms with Gasteiger partial charge in [-0.15, -0.1) is 11.3 Å². The number of hydrogen-bond donors (Lipinski definition) is 2. The highest BCUT2D eigenvalue weighted by atomic mass is 32.1. The van der Waals surface area contributed by atoms with Gasteiger partial charge in [-0.1, -0.05) is 6.07 Å². The molecule has 0 spiro atoms. The van der Waals surface area contributed by atoms with Crippen LogP contribution < -0.4 is 10.1 Å². The topological polar surface area (TPSA) is 82.3 Å². The Balaban J connectivity index is 2.09. The van der Waals surface area contributed by atoms with Crippen LogP contribution in [0, 0.1) is 11.3 Å². The van der Waals surface area contributed by atoms with Gasteiger partial charge in [-0.2, -0.15) is 5.26 Å². The Kier molecular flexibility index (Phi) is 5.15. The molecule has 0 saturated heterocycles. The van der Waals surface area contributed by atoms with E-state index >= 15 is 0 Å². The van der Waals surface area contributed by atoms with E-state index in [4.69, 9.17) is 10.00 Å². The number of nitrogens with one attached hydrogen (secondary N) is 1. The van der Waals surface area contributed by atoms with Gasteiger partial charge in [0.2, 0.25) is 0 Å². The minimum Gasteiger partial charge on any atom is -0.496 e. The molecule has 22 heavy (non-hydrogen) atoms. The number of carboxylic acid groups (broad SMARTS) is 1. The largest absolute Gasteiger partial charge is 0.496 e. The Morgan fingerprint density at radius 2 is 2.27 bits per heavy atom. The van der Waals surface area contributed by atoms with Crippen molar-refractivity contribution in [1.82, 2.24) is 5.32 Å². The van der Waals surface area contributed by atoms with Crippen LogP contribution in [0.25, 0.3) is 0 Å². The number of hydrogen-bond acceptors (Lipinski definition) is 5. The fourth-order valence-electron chi connectivity index (χ4n) is 2.07. The van der Waals surface area contributed by atoms with E-state index in [1.54, 1.807) is 12.1 Å². The van der Waals surface area contributed by atoms with Crippen LogP contribution in [-0.2, 0) is 6.54 Å². The van der Waals surface area contributed by atoms with E-state index < -0.39 is 5.97 Å². The highest BCUT2D eigenvalue weighted by Gasteiger charge is 2.14. The van der Waals surface area contributed by atoms with E-state index in [1.165, 1.54) is 18.4 Å². The lowest BCUT2D eigenvalue weighted by molar-refractivity contribution is 0.0693. The predicted octanol–water partition coefficient (Wildman–Crippen LogP) is 3.18. The van der Waals surface area contributed by atoms with E-state index in [0.29, 0.717) is 17.9 Å². The van der Waals surface area contributed by atoms with E-state index in [1.807, 2.05) is 24.4 Å². The number of carboxylic acids is 1. The monoisotopic (exact) mass is 316 g/mol. The number of ether oxygens (including phenoxy) is 1. The zero-order valence-electron chi connectivity index (χ0n) is 12.3. The molecule has 0 amide bonds. The second-order valence-corrected chi connectivity index (χ2v) is 5.78. The maximum atomic E-state index is 11.2. The molecule has 0 unspecified atom stereocenters. The van der Waals surface area contributed by atoms with Gasteiger partial charge in [0.1, 0.15) is 17.4 Å². The lowest BCUT2D eigenvalue weighted by Gasteiger charge is -2.15. The standard InChI is InChI=1S/C16H16N2O3S/c1-10(18-8-13-5-11(7-17)9-22-13)12-3-4-15(21-2)14(6-12)16(19)20/h3-6,9-10,18H,8H2,1-2H3,(H,19,20)/t10-/m0/s1. The summed E-state index contributed by atoms with van der Waals surface area (Å²) < 4.78 is 5.06. The van der Waals surface area contributed by atoms with Crippen molar-refractivity contribution >= 4 is 17.3 Å². The Hall–Kier alpha value is -2.36. The minimum atomic E-state index is -1.01. The molecule has 0 saturated carbocycles. The molecule has 2 rings (SSSR count). The van der Waals surface area contributed by atoms with Crippen LogP contribution in [0.2, 0.25) is 0 Å². The lowest BCUT2D eigenvalue weighted by Crippen LogP contribution is -2.18. The molecule has 1 heterocycles. The summed E-state index contributed by atoms with van der Waals surface area (Å²) in [7, 11) is 1.45. The van der Waals surface area contributed by atoms with Crippen molar-refractivity contribution in [1.29, 1.82) is 5.26 Å². The van der Waals surface area contributed by atoms with Crippen LogP contribution in [0.1, 0.15) is 39.3 Å². The highest BCUT2D eigenvalue weighted by molar-refractivity contribution is 7.10. The molecule has 6 heteroatoms. The van der Waals surface area contributed by atoms with Crippen molar-refractivity contribution in [2.45, 2.75) is 19.5 Å². The van der Waals surface area contributed by atoms with E-state index in [-0.39, 0.29) is 11.6 Å². The van der Waals surface area contributed by atoms with Crippen LogP contribution in [0.5, 0.6) is 5.75 Å². The van der Waals surface area contributed by atoms with Gasteiger partial charge in [-0.05, 0) is 30.7 Å². The van der Waals surface area contributed by atoms with Gasteiger partial charge in [-0.3, -0.25) is 0 Å². The van der Waals surface area contributed by atoms with Crippen LogP contribution in [0.3, 0.4) is 0 Å². The van der Waals surface area contributed by atoms with Gasteiger partial charge in [0, 0.05) is 22.8 Å². The van der Waals surface area contributed by atoms with Crippen LogP contribution in [0.4, 0.5) is 0 Å². The van der Waals surface area contributed by atoms with Gasteiger partial charge in [-0.25, -0.2) is 4.79 Å². The average Bonchev–Trinajstić information content (AvgIpc) is 2.99. The van der Waals surface area contributed by atoms with Gasteiger partial charge >= 0.3 is 5.97 Å². The zero-order valence-corrected chi connectivity index (χ0v) is 13.1. The molecule has 1 aromatic heterocycles. The van der Waals surface area contributed by atoms with E-state index in [2.05, 4.69) is 11.4 Å². The van der Waals surface area contributed by atoms with Crippen LogP contribution >= 0.6 is 11.3 Å². The highest BCUT2D eigenvalue weighted by Crippen LogP contribution is 2.24. The summed E-state index contributed by atoms with van der Waals surface area (Å²) >= 11 is 1.53. The van der Waals surface area contributed by atoms with Crippen molar-refractivity contribution in [3.05, 3.63) is 51.2 Å². The number of nitriles is 1.